The molecule has 0 bridgehead atoms. The van der Waals surface area contributed by atoms with Crippen molar-refractivity contribution in [2.45, 2.75) is 31.8 Å². The van der Waals surface area contributed by atoms with Crippen molar-refractivity contribution in [2.75, 3.05) is 17.7 Å². The van der Waals surface area contributed by atoms with Crippen molar-refractivity contribution in [1.82, 2.24) is 15.2 Å². The van der Waals surface area contributed by atoms with Gasteiger partial charge >= 0.3 is 0 Å². The van der Waals surface area contributed by atoms with Gasteiger partial charge in [0.1, 0.15) is 6.61 Å². The van der Waals surface area contributed by atoms with Crippen LogP contribution in [0.25, 0.3) is 11.3 Å². The molecule has 2 heterocycles. The minimum Gasteiger partial charge on any atom is -0.490 e. The van der Waals surface area contributed by atoms with Gasteiger partial charge in [0.15, 0.2) is 23.4 Å². The molecule has 184 valence electrons. The molecule has 0 saturated heterocycles. The van der Waals surface area contributed by atoms with Gasteiger partial charge in [0, 0.05) is 16.8 Å². The third kappa shape index (κ3) is 5.20. The van der Waals surface area contributed by atoms with E-state index in [4.69, 9.17) is 25.8 Å². The molecular weight excluding hydrogens is 496 g/mol. The van der Waals surface area contributed by atoms with Crippen LogP contribution in [0.4, 0.5) is 5.69 Å². The molecule has 9 heteroatoms. The lowest BCUT2D eigenvalue weighted by molar-refractivity contribution is 0.223. The normalized spacial score (nSPS) is 14.0. The van der Waals surface area contributed by atoms with Gasteiger partial charge in [0.05, 0.1) is 11.6 Å². The van der Waals surface area contributed by atoms with Gasteiger partial charge in [-0.1, -0.05) is 78.8 Å². The first-order valence-corrected chi connectivity index (χ1v) is 13.1. The third-order valence-electron chi connectivity index (χ3n) is 5.47. The van der Waals surface area contributed by atoms with Crippen LogP contribution in [0.1, 0.15) is 31.2 Å². The first-order chi connectivity index (χ1) is 17.7. The maximum atomic E-state index is 6.73. The summed E-state index contributed by atoms with van der Waals surface area (Å²) in [6.45, 7) is 4.79. The number of nitrogens with zero attached hydrogens (tertiary/aromatic N) is 3. The van der Waals surface area contributed by atoms with Gasteiger partial charge in [-0.25, -0.2) is 0 Å². The highest BCUT2D eigenvalue weighted by atomic mass is 35.5. The van der Waals surface area contributed by atoms with Crippen LogP contribution >= 0.6 is 23.4 Å². The van der Waals surface area contributed by atoms with Crippen molar-refractivity contribution in [3.63, 3.8) is 0 Å². The second kappa shape index (κ2) is 11.1. The Hall–Kier alpha value is -3.49. The first kappa shape index (κ1) is 24.2. The summed E-state index contributed by atoms with van der Waals surface area (Å²) in [5.74, 6) is 2.27. The van der Waals surface area contributed by atoms with Crippen molar-refractivity contribution in [2.24, 2.45) is 0 Å². The summed E-state index contributed by atoms with van der Waals surface area (Å²) in [7, 11) is 0. The molecular formula is C27H25ClN4O3S. The SMILES string of the molecule is CCOc1cc(C2Nc3ccccc3-c3nnc(SCC)nc3O2)cc(Cl)c1OCc1ccccc1. The third-order valence-corrected chi connectivity index (χ3v) is 6.47. The monoisotopic (exact) mass is 520 g/mol. The number of halogens is 1. The van der Waals surface area contributed by atoms with E-state index in [0.717, 1.165) is 28.1 Å². The van der Waals surface area contributed by atoms with Gasteiger partial charge in [0.25, 0.3) is 0 Å². The summed E-state index contributed by atoms with van der Waals surface area (Å²) in [5.41, 5.74) is 4.10. The zero-order chi connectivity index (χ0) is 24.9. The standard InChI is InChI=1S/C27H25ClN4O3S/c1-3-33-22-15-18(14-20(28)24(22)34-16-17-10-6-5-7-11-17)25-29-21-13-9-8-12-19(21)23-26(35-25)30-27(32-31-23)36-4-2/h5-15,25,29H,3-4,16H2,1-2H3. The van der Waals surface area contributed by atoms with E-state index in [1.165, 1.54) is 11.8 Å². The van der Waals surface area contributed by atoms with E-state index >= 15 is 0 Å². The van der Waals surface area contributed by atoms with Crippen molar-refractivity contribution in [3.8, 4) is 28.6 Å². The molecule has 1 aromatic heterocycles. The van der Waals surface area contributed by atoms with Gasteiger partial charge in [-0.2, -0.15) is 4.98 Å². The highest BCUT2D eigenvalue weighted by Crippen LogP contribution is 2.43. The molecule has 0 fully saturated rings. The lowest BCUT2D eigenvalue weighted by Crippen LogP contribution is -2.17. The second-order valence-corrected chi connectivity index (χ2v) is 9.54. The summed E-state index contributed by atoms with van der Waals surface area (Å²) >= 11 is 8.24. The van der Waals surface area contributed by atoms with E-state index in [0.29, 0.717) is 46.5 Å². The number of ether oxygens (including phenoxy) is 3. The molecule has 1 unspecified atom stereocenters. The first-order valence-electron chi connectivity index (χ1n) is 11.7. The zero-order valence-corrected chi connectivity index (χ0v) is 21.5. The van der Waals surface area contributed by atoms with Gasteiger partial charge in [-0.15, -0.1) is 10.2 Å². The molecule has 0 radical (unpaired) electrons. The van der Waals surface area contributed by atoms with Crippen LogP contribution in [0.15, 0.2) is 71.9 Å². The minimum atomic E-state index is -0.594. The van der Waals surface area contributed by atoms with Gasteiger partial charge in [-0.05, 0) is 36.4 Å². The van der Waals surface area contributed by atoms with Crippen molar-refractivity contribution in [3.05, 3.63) is 82.9 Å². The fraction of sp³-hybridized carbons (Fsp3) is 0.222. The van der Waals surface area contributed by atoms with Crippen LogP contribution in [0.3, 0.4) is 0 Å². The Bertz CT molecular complexity index is 1360. The van der Waals surface area contributed by atoms with E-state index in [-0.39, 0.29) is 0 Å². The van der Waals surface area contributed by atoms with E-state index in [2.05, 4.69) is 20.5 Å². The summed E-state index contributed by atoms with van der Waals surface area (Å²) in [6.07, 6.45) is -0.594. The molecule has 3 aromatic carbocycles. The van der Waals surface area contributed by atoms with Crippen molar-refractivity contribution >= 4 is 29.1 Å². The second-order valence-electron chi connectivity index (χ2n) is 7.91. The van der Waals surface area contributed by atoms with E-state index < -0.39 is 6.23 Å². The molecule has 1 aliphatic heterocycles. The van der Waals surface area contributed by atoms with Gasteiger partial charge in [-0.3, -0.25) is 0 Å². The number of para-hydroxylation sites is 1. The zero-order valence-electron chi connectivity index (χ0n) is 19.9. The Morgan fingerprint density at radius 2 is 1.81 bits per heavy atom. The largest absolute Gasteiger partial charge is 0.490 e. The van der Waals surface area contributed by atoms with Crippen LogP contribution in [0.5, 0.6) is 17.4 Å². The molecule has 4 aromatic rings. The minimum absolute atomic E-state index is 0.374. The van der Waals surface area contributed by atoms with Gasteiger partial charge in [0.2, 0.25) is 11.0 Å². The van der Waals surface area contributed by atoms with Crippen LogP contribution in [0.2, 0.25) is 5.02 Å². The number of thioether (sulfide) groups is 1. The summed E-state index contributed by atoms with van der Waals surface area (Å²) in [5, 5.41) is 13.1. The molecule has 1 N–H and O–H groups in total. The number of benzene rings is 3. The fourth-order valence-corrected chi connectivity index (χ4v) is 4.64. The number of hydrogen-bond donors (Lipinski definition) is 1. The highest BCUT2D eigenvalue weighted by Gasteiger charge is 2.27. The van der Waals surface area contributed by atoms with Crippen LogP contribution < -0.4 is 19.5 Å². The van der Waals surface area contributed by atoms with Crippen LogP contribution in [-0.4, -0.2) is 27.5 Å². The van der Waals surface area contributed by atoms with E-state index in [1.54, 1.807) is 0 Å². The van der Waals surface area contributed by atoms with Gasteiger partial charge < -0.3 is 19.5 Å². The Balaban J connectivity index is 1.51. The molecule has 1 aliphatic rings. The Morgan fingerprint density at radius 3 is 2.61 bits per heavy atom. The number of anilines is 1. The lowest BCUT2D eigenvalue weighted by Gasteiger charge is -2.22. The van der Waals surface area contributed by atoms with E-state index in [9.17, 15) is 0 Å². The highest BCUT2D eigenvalue weighted by molar-refractivity contribution is 7.99. The molecule has 7 nitrogen and oxygen atoms in total. The molecule has 0 spiro atoms. The fourth-order valence-electron chi connectivity index (χ4n) is 3.86. The molecule has 1 atom stereocenters. The maximum Gasteiger partial charge on any atom is 0.247 e. The Kier molecular flexibility index (Phi) is 7.44. The predicted octanol–water partition coefficient (Wildman–Crippen LogP) is 6.78. The summed E-state index contributed by atoms with van der Waals surface area (Å²) < 4.78 is 18.4. The topological polar surface area (TPSA) is 78.4 Å². The molecule has 0 saturated carbocycles. The molecule has 36 heavy (non-hydrogen) atoms. The molecule has 0 aliphatic carbocycles. The maximum absolute atomic E-state index is 6.73. The summed E-state index contributed by atoms with van der Waals surface area (Å²) in [4.78, 5) is 4.64. The number of rotatable bonds is 8. The average Bonchev–Trinajstić information content (AvgIpc) is 3.06. The van der Waals surface area contributed by atoms with Crippen LogP contribution in [-0.2, 0) is 6.61 Å². The number of aromatic nitrogens is 3. The molecule has 5 rings (SSSR count). The van der Waals surface area contributed by atoms with Crippen molar-refractivity contribution in [1.29, 1.82) is 0 Å². The summed E-state index contributed by atoms with van der Waals surface area (Å²) in [6, 6.07) is 21.5. The Labute approximate surface area is 219 Å². The quantitative estimate of drug-likeness (QED) is 0.254. The van der Waals surface area contributed by atoms with Crippen molar-refractivity contribution < 1.29 is 14.2 Å². The number of hydrogen-bond acceptors (Lipinski definition) is 8. The smallest absolute Gasteiger partial charge is 0.247 e. The lowest BCUT2D eigenvalue weighted by atomic mass is 10.1. The molecule has 0 amide bonds. The van der Waals surface area contributed by atoms with Crippen LogP contribution in [0, 0.1) is 0 Å². The average molecular weight is 521 g/mol. The number of fused-ring (bicyclic) bond motifs is 3. The number of nitrogens with one attached hydrogen (secondary N) is 1. The predicted molar refractivity (Wildman–Crippen MR) is 142 cm³/mol. The Morgan fingerprint density at radius 1 is 1.00 bits per heavy atom. The van der Waals surface area contributed by atoms with E-state index in [1.807, 2.05) is 80.6 Å².